The SMILES string of the molecule is OC[C@H]1O[C@@]2(ON=C(c3ccccc3)S2)[C@H](O)[C@@H](O)[C@@H]1O. The first-order valence-corrected chi connectivity index (χ1v) is 7.22. The van der Waals surface area contributed by atoms with Crippen molar-refractivity contribution in [2.24, 2.45) is 5.16 Å². The van der Waals surface area contributed by atoms with E-state index in [-0.39, 0.29) is 0 Å². The summed E-state index contributed by atoms with van der Waals surface area (Å²) in [4.78, 5) is 5.21. The van der Waals surface area contributed by atoms with Gasteiger partial charge in [-0.2, -0.15) is 0 Å². The minimum absolute atomic E-state index is 0.481. The molecule has 3 rings (SSSR count). The molecule has 114 valence electrons. The van der Waals surface area contributed by atoms with Crippen molar-refractivity contribution in [3.63, 3.8) is 0 Å². The Balaban J connectivity index is 1.83. The van der Waals surface area contributed by atoms with Crippen LogP contribution in [0, 0.1) is 0 Å². The highest BCUT2D eigenvalue weighted by molar-refractivity contribution is 8.15. The first-order chi connectivity index (χ1) is 10.1. The molecule has 0 unspecified atom stereocenters. The Morgan fingerprint density at radius 3 is 2.52 bits per heavy atom. The normalized spacial score (nSPS) is 39.1. The van der Waals surface area contributed by atoms with Gasteiger partial charge < -0.3 is 30.0 Å². The van der Waals surface area contributed by atoms with Gasteiger partial charge in [0.1, 0.15) is 23.4 Å². The molecule has 0 bridgehead atoms. The maximum Gasteiger partial charge on any atom is 0.320 e. The summed E-state index contributed by atoms with van der Waals surface area (Å²) in [7, 11) is 0. The second-order valence-corrected chi connectivity index (χ2v) is 5.98. The molecule has 0 aromatic heterocycles. The van der Waals surface area contributed by atoms with Crippen molar-refractivity contribution in [1.82, 2.24) is 0 Å². The van der Waals surface area contributed by atoms with E-state index in [4.69, 9.17) is 9.57 Å². The first-order valence-electron chi connectivity index (χ1n) is 6.41. The number of aliphatic hydroxyl groups is 4. The number of rotatable bonds is 2. The van der Waals surface area contributed by atoms with E-state index >= 15 is 0 Å². The molecule has 2 heterocycles. The van der Waals surface area contributed by atoms with E-state index < -0.39 is 36.1 Å². The lowest BCUT2D eigenvalue weighted by atomic mass is 9.99. The van der Waals surface area contributed by atoms with Crippen molar-refractivity contribution < 1.29 is 30.0 Å². The molecular formula is C13H15NO6S. The third-order valence-corrected chi connectivity index (χ3v) is 4.63. The van der Waals surface area contributed by atoms with Gasteiger partial charge in [0.2, 0.25) is 0 Å². The average molecular weight is 313 g/mol. The third kappa shape index (κ3) is 2.44. The van der Waals surface area contributed by atoms with Gasteiger partial charge in [-0.3, -0.25) is 0 Å². The number of ether oxygens (including phenoxy) is 1. The Labute approximate surface area is 124 Å². The number of hydrogen-bond donors (Lipinski definition) is 4. The minimum atomic E-state index is -1.67. The maximum atomic E-state index is 10.1. The largest absolute Gasteiger partial charge is 0.394 e. The average Bonchev–Trinajstić information content (AvgIpc) is 2.95. The number of hydrogen-bond acceptors (Lipinski definition) is 8. The van der Waals surface area contributed by atoms with Crippen LogP contribution in [-0.2, 0) is 9.57 Å². The monoisotopic (exact) mass is 313 g/mol. The fourth-order valence-corrected chi connectivity index (χ4v) is 3.35. The number of aliphatic hydroxyl groups excluding tert-OH is 4. The van der Waals surface area contributed by atoms with Crippen molar-refractivity contribution >= 4 is 16.8 Å². The van der Waals surface area contributed by atoms with Crippen LogP contribution in [0.25, 0.3) is 0 Å². The molecule has 1 saturated heterocycles. The van der Waals surface area contributed by atoms with Gasteiger partial charge in [0.05, 0.1) is 6.61 Å². The minimum Gasteiger partial charge on any atom is -0.394 e. The molecule has 0 saturated carbocycles. The summed E-state index contributed by atoms with van der Waals surface area (Å²) in [5.41, 5.74) is 0.774. The molecule has 7 nitrogen and oxygen atoms in total. The Morgan fingerprint density at radius 2 is 1.86 bits per heavy atom. The fourth-order valence-electron chi connectivity index (χ4n) is 2.24. The topological polar surface area (TPSA) is 112 Å². The molecule has 4 N–H and O–H groups in total. The number of benzene rings is 1. The molecule has 8 heteroatoms. The molecule has 1 spiro atoms. The lowest BCUT2D eigenvalue weighted by Gasteiger charge is -2.43. The Kier molecular flexibility index (Phi) is 3.91. The van der Waals surface area contributed by atoms with E-state index in [1.165, 1.54) is 0 Å². The van der Waals surface area contributed by atoms with Crippen LogP contribution in [0.1, 0.15) is 5.56 Å². The van der Waals surface area contributed by atoms with Crippen LogP contribution in [-0.4, -0.2) is 61.6 Å². The quantitative estimate of drug-likeness (QED) is 0.568. The van der Waals surface area contributed by atoms with E-state index in [1.54, 1.807) is 0 Å². The van der Waals surface area contributed by atoms with E-state index in [2.05, 4.69) is 5.16 Å². The van der Waals surface area contributed by atoms with E-state index in [9.17, 15) is 20.4 Å². The van der Waals surface area contributed by atoms with Gasteiger partial charge in [-0.15, -0.1) is 0 Å². The molecule has 1 aromatic rings. The van der Waals surface area contributed by atoms with Crippen LogP contribution >= 0.6 is 11.8 Å². The van der Waals surface area contributed by atoms with Gasteiger partial charge in [-0.05, 0) is 11.8 Å². The summed E-state index contributed by atoms with van der Waals surface area (Å²) in [5.74, 6) is 0. The fraction of sp³-hybridized carbons (Fsp3) is 0.462. The number of thioether (sulfide) groups is 1. The maximum absolute atomic E-state index is 10.1. The predicted molar refractivity (Wildman–Crippen MR) is 74.4 cm³/mol. The van der Waals surface area contributed by atoms with Crippen molar-refractivity contribution in [3.8, 4) is 0 Å². The highest BCUT2D eigenvalue weighted by Gasteiger charge is 2.59. The van der Waals surface area contributed by atoms with Crippen LogP contribution in [0.15, 0.2) is 35.5 Å². The molecular weight excluding hydrogens is 298 g/mol. The van der Waals surface area contributed by atoms with E-state index in [0.717, 1.165) is 17.3 Å². The van der Waals surface area contributed by atoms with Crippen LogP contribution in [0.2, 0.25) is 0 Å². The summed E-state index contributed by atoms with van der Waals surface area (Å²) in [6.07, 6.45) is -5.49. The molecule has 1 fully saturated rings. The summed E-state index contributed by atoms with van der Waals surface area (Å²) in [6.45, 7) is -0.517. The molecule has 2 aliphatic rings. The first kappa shape index (κ1) is 14.8. The van der Waals surface area contributed by atoms with Crippen molar-refractivity contribution in [1.29, 1.82) is 0 Å². The van der Waals surface area contributed by atoms with Crippen molar-refractivity contribution in [2.75, 3.05) is 6.61 Å². The summed E-state index contributed by atoms with van der Waals surface area (Å²) >= 11 is 0.993. The van der Waals surface area contributed by atoms with E-state index in [1.807, 2.05) is 30.3 Å². The Morgan fingerprint density at radius 1 is 1.14 bits per heavy atom. The number of nitrogens with zero attached hydrogens (tertiary/aromatic N) is 1. The molecule has 21 heavy (non-hydrogen) atoms. The van der Waals surface area contributed by atoms with Gasteiger partial charge in [-0.1, -0.05) is 35.5 Å². The lowest BCUT2D eigenvalue weighted by molar-refractivity contribution is -0.318. The smallest absolute Gasteiger partial charge is 0.320 e. The summed E-state index contributed by atoms with van der Waals surface area (Å²) < 4.78 is 5.45. The zero-order valence-corrected chi connectivity index (χ0v) is 11.7. The summed E-state index contributed by atoms with van der Waals surface area (Å²) in [6, 6.07) is 9.15. The zero-order valence-electron chi connectivity index (χ0n) is 10.9. The van der Waals surface area contributed by atoms with Crippen molar-refractivity contribution in [2.45, 2.75) is 29.5 Å². The van der Waals surface area contributed by atoms with Gasteiger partial charge >= 0.3 is 5.12 Å². The number of oxime groups is 1. The third-order valence-electron chi connectivity index (χ3n) is 3.43. The molecule has 0 radical (unpaired) electrons. The van der Waals surface area contributed by atoms with Crippen LogP contribution < -0.4 is 0 Å². The molecule has 2 aliphatic heterocycles. The van der Waals surface area contributed by atoms with Gasteiger partial charge in [0.15, 0.2) is 6.10 Å². The second kappa shape index (κ2) is 5.56. The predicted octanol–water partition coefficient (Wildman–Crippen LogP) is -0.761. The van der Waals surface area contributed by atoms with Gasteiger partial charge in [-0.25, -0.2) is 0 Å². The lowest BCUT2D eigenvalue weighted by Crippen LogP contribution is -2.63. The van der Waals surface area contributed by atoms with Crippen molar-refractivity contribution in [3.05, 3.63) is 35.9 Å². The second-order valence-electron chi connectivity index (χ2n) is 4.82. The van der Waals surface area contributed by atoms with Gasteiger partial charge in [0.25, 0.3) is 0 Å². The standard InChI is InChI=1S/C13H15NO6S/c15-6-8-9(16)10(17)11(18)13(19-8)20-14-12(21-13)7-4-2-1-3-5-7/h1-5,8-11,15-18H,6H2/t8-,9-,10+,11-,13-/m1/s1. The molecule has 0 aliphatic carbocycles. The van der Waals surface area contributed by atoms with E-state index in [0.29, 0.717) is 5.04 Å². The highest BCUT2D eigenvalue weighted by atomic mass is 32.2. The Hall–Kier alpha value is -1.16. The molecule has 0 amide bonds. The summed E-state index contributed by atoms with van der Waals surface area (Å²) in [5, 5.41) is 41.7. The Bertz CT molecular complexity index is 539. The molecule has 1 aromatic carbocycles. The van der Waals surface area contributed by atoms with Crippen LogP contribution in [0.4, 0.5) is 0 Å². The van der Waals surface area contributed by atoms with Crippen LogP contribution in [0.5, 0.6) is 0 Å². The zero-order chi connectivity index (χ0) is 15.0. The van der Waals surface area contributed by atoms with Crippen LogP contribution in [0.3, 0.4) is 0 Å². The highest BCUT2D eigenvalue weighted by Crippen LogP contribution is 2.45. The van der Waals surface area contributed by atoms with Gasteiger partial charge in [0, 0.05) is 5.56 Å². The molecule has 5 atom stereocenters.